The third-order valence-corrected chi connectivity index (χ3v) is 5.67. The lowest BCUT2D eigenvalue weighted by molar-refractivity contribution is 0.185. The van der Waals surface area contributed by atoms with Crippen molar-refractivity contribution in [2.24, 2.45) is 5.73 Å². The number of rotatable bonds is 2. The molecule has 0 bridgehead atoms. The minimum Gasteiger partial charge on any atom is -0.387 e. The van der Waals surface area contributed by atoms with Gasteiger partial charge in [0.05, 0.1) is 6.10 Å². The summed E-state index contributed by atoms with van der Waals surface area (Å²) in [5.74, 6) is 0. The second-order valence-corrected chi connectivity index (χ2v) is 5.91. The zero-order chi connectivity index (χ0) is 10.0. The summed E-state index contributed by atoms with van der Waals surface area (Å²) in [5.41, 5.74) is 6.39. The minimum absolute atomic E-state index is 0.270. The molecule has 1 aromatic carbocycles. The van der Waals surface area contributed by atoms with Gasteiger partial charge in [0.15, 0.2) is 0 Å². The molecule has 0 radical (unpaired) electrons. The van der Waals surface area contributed by atoms with Gasteiger partial charge in [-0.1, -0.05) is 0 Å². The van der Waals surface area contributed by atoms with Gasteiger partial charge in [-0.2, -0.15) is 0 Å². The van der Waals surface area contributed by atoms with E-state index in [2.05, 4.69) is 67.8 Å². The fourth-order valence-corrected chi connectivity index (χ4v) is 3.59. The highest BCUT2D eigenvalue weighted by atomic mass is 127. The number of nitrogens with two attached hydrogens (primary N) is 1. The van der Waals surface area contributed by atoms with E-state index in [0.717, 1.165) is 16.3 Å². The standard InChI is InChI=1S/C8H8I3NO/c9-4-1-2-5(10)8(11)7(4)6(13)3-12/h1-2,6,13H,3,12H2/t6-/m0/s1. The van der Waals surface area contributed by atoms with Gasteiger partial charge in [-0.3, -0.25) is 0 Å². The second kappa shape index (κ2) is 5.42. The first kappa shape index (κ1) is 12.4. The topological polar surface area (TPSA) is 46.2 Å². The van der Waals surface area contributed by atoms with E-state index >= 15 is 0 Å². The van der Waals surface area contributed by atoms with Crippen LogP contribution >= 0.6 is 67.8 Å². The van der Waals surface area contributed by atoms with Crippen LogP contribution in [0.3, 0.4) is 0 Å². The summed E-state index contributed by atoms with van der Waals surface area (Å²) in [5, 5.41) is 9.68. The van der Waals surface area contributed by atoms with Gasteiger partial charge in [-0.05, 0) is 79.9 Å². The third-order valence-electron chi connectivity index (χ3n) is 1.64. The number of aliphatic hydroxyl groups excluding tert-OH is 1. The molecule has 2 nitrogen and oxygen atoms in total. The van der Waals surface area contributed by atoms with Gasteiger partial charge in [-0.25, -0.2) is 0 Å². The second-order valence-electron chi connectivity index (χ2n) is 2.51. The monoisotopic (exact) mass is 515 g/mol. The van der Waals surface area contributed by atoms with E-state index in [-0.39, 0.29) is 6.54 Å². The maximum Gasteiger partial charge on any atom is 0.0933 e. The lowest BCUT2D eigenvalue weighted by atomic mass is 10.1. The summed E-state index contributed by atoms with van der Waals surface area (Å²) < 4.78 is 3.32. The maximum absolute atomic E-state index is 9.68. The Kier molecular flexibility index (Phi) is 5.17. The molecule has 3 N–H and O–H groups in total. The van der Waals surface area contributed by atoms with Crippen LogP contribution in [0, 0.1) is 10.7 Å². The molecule has 0 aliphatic heterocycles. The third kappa shape index (κ3) is 2.89. The Labute approximate surface area is 118 Å². The summed E-state index contributed by atoms with van der Waals surface area (Å²) in [6.45, 7) is 0.270. The first-order valence-electron chi connectivity index (χ1n) is 3.59. The molecule has 72 valence electrons. The van der Waals surface area contributed by atoms with Crippen LogP contribution < -0.4 is 5.73 Å². The predicted octanol–water partition coefficient (Wildman–Crippen LogP) is 2.49. The van der Waals surface area contributed by atoms with E-state index < -0.39 is 6.10 Å². The Bertz CT molecular complexity index is 317. The molecule has 0 saturated heterocycles. The largest absolute Gasteiger partial charge is 0.387 e. The molecule has 1 aromatic rings. The number of halogens is 3. The molecule has 0 spiro atoms. The molecule has 0 aliphatic carbocycles. The highest BCUT2D eigenvalue weighted by molar-refractivity contribution is 14.1. The summed E-state index contributed by atoms with van der Waals surface area (Å²) >= 11 is 6.71. The molecule has 0 aromatic heterocycles. The zero-order valence-electron chi connectivity index (χ0n) is 6.60. The molecule has 0 fully saturated rings. The van der Waals surface area contributed by atoms with Crippen LogP contribution in [0.1, 0.15) is 11.7 Å². The van der Waals surface area contributed by atoms with Crippen molar-refractivity contribution in [3.05, 3.63) is 28.4 Å². The van der Waals surface area contributed by atoms with E-state index in [0.29, 0.717) is 0 Å². The molecule has 0 aliphatic rings. The van der Waals surface area contributed by atoms with E-state index in [1.165, 1.54) is 0 Å². The molecular formula is C8H8I3NO. The van der Waals surface area contributed by atoms with E-state index in [1.807, 2.05) is 12.1 Å². The van der Waals surface area contributed by atoms with Crippen molar-refractivity contribution in [2.45, 2.75) is 6.10 Å². The molecule has 1 atom stereocenters. The van der Waals surface area contributed by atoms with Crippen LogP contribution in [0.15, 0.2) is 12.1 Å². The van der Waals surface area contributed by atoms with Gasteiger partial charge >= 0.3 is 0 Å². The van der Waals surface area contributed by atoms with Gasteiger partial charge in [0.1, 0.15) is 0 Å². The summed E-state index contributed by atoms with van der Waals surface area (Å²) in [4.78, 5) is 0. The maximum atomic E-state index is 9.68. The quantitative estimate of drug-likeness (QED) is 0.471. The van der Waals surface area contributed by atoms with E-state index in [1.54, 1.807) is 0 Å². The van der Waals surface area contributed by atoms with Gasteiger partial charge in [0.2, 0.25) is 0 Å². The number of benzene rings is 1. The lowest BCUT2D eigenvalue weighted by Gasteiger charge is -2.13. The summed E-state index contributed by atoms with van der Waals surface area (Å²) in [7, 11) is 0. The smallest absolute Gasteiger partial charge is 0.0933 e. The van der Waals surface area contributed by atoms with Crippen LogP contribution in [0.2, 0.25) is 0 Å². The highest BCUT2D eigenvalue weighted by Crippen LogP contribution is 2.28. The van der Waals surface area contributed by atoms with Crippen molar-refractivity contribution >= 4 is 67.8 Å². The van der Waals surface area contributed by atoms with Crippen molar-refractivity contribution in [1.82, 2.24) is 0 Å². The fraction of sp³-hybridized carbons (Fsp3) is 0.250. The van der Waals surface area contributed by atoms with Gasteiger partial charge in [0.25, 0.3) is 0 Å². The molecule has 1 rings (SSSR count). The van der Waals surface area contributed by atoms with E-state index in [4.69, 9.17) is 5.73 Å². The Morgan fingerprint density at radius 3 is 2.31 bits per heavy atom. The zero-order valence-corrected chi connectivity index (χ0v) is 13.1. The van der Waals surface area contributed by atoms with Crippen LogP contribution in [0.25, 0.3) is 0 Å². The Morgan fingerprint density at radius 2 is 1.77 bits per heavy atom. The molecular weight excluding hydrogens is 507 g/mol. The Morgan fingerprint density at radius 1 is 1.23 bits per heavy atom. The van der Waals surface area contributed by atoms with Crippen molar-refractivity contribution in [3.63, 3.8) is 0 Å². The summed E-state index contributed by atoms with van der Waals surface area (Å²) in [6.07, 6.45) is -0.548. The van der Waals surface area contributed by atoms with Gasteiger partial charge in [0, 0.05) is 22.8 Å². The van der Waals surface area contributed by atoms with Crippen molar-refractivity contribution < 1.29 is 5.11 Å². The van der Waals surface area contributed by atoms with Crippen LogP contribution in [0.4, 0.5) is 0 Å². The van der Waals surface area contributed by atoms with Gasteiger partial charge < -0.3 is 10.8 Å². The first-order valence-corrected chi connectivity index (χ1v) is 6.83. The number of aliphatic hydroxyl groups is 1. The number of hydrogen-bond donors (Lipinski definition) is 2. The average molecular weight is 515 g/mol. The number of hydrogen-bond acceptors (Lipinski definition) is 2. The normalized spacial score (nSPS) is 13.0. The van der Waals surface area contributed by atoms with E-state index in [9.17, 15) is 5.11 Å². The van der Waals surface area contributed by atoms with Crippen LogP contribution in [-0.4, -0.2) is 11.7 Å². The summed E-state index contributed by atoms with van der Waals surface area (Å²) in [6, 6.07) is 4.04. The van der Waals surface area contributed by atoms with Gasteiger partial charge in [-0.15, -0.1) is 0 Å². The fourth-order valence-electron chi connectivity index (χ4n) is 0.966. The lowest BCUT2D eigenvalue weighted by Crippen LogP contribution is -2.14. The van der Waals surface area contributed by atoms with Crippen LogP contribution in [-0.2, 0) is 0 Å². The Balaban J connectivity index is 3.25. The molecule has 0 saturated carbocycles. The molecule has 0 heterocycles. The minimum atomic E-state index is -0.548. The predicted molar refractivity (Wildman–Crippen MR) is 78.6 cm³/mol. The van der Waals surface area contributed by atoms with Crippen LogP contribution in [0.5, 0.6) is 0 Å². The molecule has 5 heteroatoms. The Hall–Kier alpha value is 1.33. The highest BCUT2D eigenvalue weighted by Gasteiger charge is 2.14. The molecule has 0 amide bonds. The SMILES string of the molecule is NC[C@H](O)c1c(I)ccc(I)c1I. The molecule has 0 unspecified atom stereocenters. The van der Waals surface area contributed by atoms with Crippen molar-refractivity contribution in [2.75, 3.05) is 6.54 Å². The van der Waals surface area contributed by atoms with Crippen molar-refractivity contribution in [3.8, 4) is 0 Å². The molecule has 13 heavy (non-hydrogen) atoms. The first-order chi connectivity index (χ1) is 6.07. The average Bonchev–Trinajstić information content (AvgIpc) is 2.12. The van der Waals surface area contributed by atoms with Crippen molar-refractivity contribution in [1.29, 1.82) is 0 Å².